The number of aryl methyl sites for hydroxylation is 4. The number of hydrogen-bond donors (Lipinski definition) is 0. The quantitative estimate of drug-likeness (QED) is 0.483. The van der Waals surface area contributed by atoms with Crippen molar-refractivity contribution in [3.05, 3.63) is 82.7 Å². The molecule has 0 aliphatic carbocycles. The molecule has 8 heteroatoms. The van der Waals surface area contributed by atoms with Crippen LogP contribution in [0.25, 0.3) is 5.69 Å². The van der Waals surface area contributed by atoms with Crippen molar-refractivity contribution in [2.24, 2.45) is 14.1 Å². The summed E-state index contributed by atoms with van der Waals surface area (Å²) in [4.78, 5) is 15.4. The highest BCUT2D eigenvalue weighted by atomic mass is 16.2. The van der Waals surface area contributed by atoms with Gasteiger partial charge >= 0.3 is 0 Å². The first-order chi connectivity index (χ1) is 14.8. The highest BCUT2D eigenvalue weighted by molar-refractivity contribution is 5.92. The molecular formula is C23H27N7O. The highest BCUT2D eigenvalue weighted by Gasteiger charge is 2.24. The number of hydrogen-bond acceptors (Lipinski definition) is 4. The molecule has 8 nitrogen and oxygen atoms in total. The van der Waals surface area contributed by atoms with Gasteiger partial charge in [-0.3, -0.25) is 14.2 Å². The number of carbonyl (C=O) groups is 1. The topological polar surface area (TPSA) is 73.8 Å². The van der Waals surface area contributed by atoms with Crippen LogP contribution in [0.15, 0.2) is 48.7 Å². The average molecular weight is 418 g/mol. The van der Waals surface area contributed by atoms with Gasteiger partial charge in [0, 0.05) is 31.5 Å². The lowest BCUT2D eigenvalue weighted by molar-refractivity contribution is 0.0715. The molecule has 3 aromatic heterocycles. The summed E-state index contributed by atoms with van der Waals surface area (Å²) >= 11 is 0. The van der Waals surface area contributed by atoms with E-state index in [-0.39, 0.29) is 5.91 Å². The molecule has 4 rings (SSSR count). The van der Waals surface area contributed by atoms with Gasteiger partial charge < -0.3 is 4.90 Å². The van der Waals surface area contributed by atoms with Gasteiger partial charge in [-0.15, -0.1) is 0 Å². The third-order valence-corrected chi connectivity index (χ3v) is 5.59. The van der Waals surface area contributed by atoms with Crippen molar-refractivity contribution in [2.75, 3.05) is 0 Å². The van der Waals surface area contributed by atoms with Crippen LogP contribution < -0.4 is 0 Å². The van der Waals surface area contributed by atoms with Gasteiger partial charge in [-0.05, 0) is 45.0 Å². The summed E-state index contributed by atoms with van der Waals surface area (Å²) in [5.74, 6) is -0.0773. The van der Waals surface area contributed by atoms with Crippen LogP contribution in [0.4, 0.5) is 0 Å². The zero-order valence-electron chi connectivity index (χ0n) is 18.6. The summed E-state index contributed by atoms with van der Waals surface area (Å²) in [6.07, 6.45) is 1.76. The number of para-hydroxylation sites is 1. The lowest BCUT2D eigenvalue weighted by Crippen LogP contribution is -2.32. The van der Waals surface area contributed by atoms with Gasteiger partial charge in [0.05, 0.1) is 35.9 Å². The molecule has 0 spiro atoms. The van der Waals surface area contributed by atoms with E-state index < -0.39 is 0 Å². The van der Waals surface area contributed by atoms with Crippen LogP contribution in [0.2, 0.25) is 0 Å². The van der Waals surface area contributed by atoms with E-state index in [1.54, 1.807) is 17.9 Å². The molecule has 0 saturated heterocycles. The number of rotatable bonds is 6. The fraction of sp³-hybridized carbons (Fsp3) is 0.304. The first kappa shape index (κ1) is 20.6. The smallest absolute Gasteiger partial charge is 0.272 e. The molecule has 0 fully saturated rings. The standard InChI is InChI=1S/C23H27N7O/c1-16-13-22(28(5)25-16)23(31)29(15-21-17(2)26-27(4)18(21)3)14-20-11-12-24-30(20)19-9-7-6-8-10-19/h6-13H,14-15H2,1-5H3. The van der Waals surface area contributed by atoms with E-state index >= 15 is 0 Å². The van der Waals surface area contributed by atoms with Crippen LogP contribution in [0, 0.1) is 20.8 Å². The maximum atomic E-state index is 13.6. The Hall–Kier alpha value is -3.68. The molecule has 0 radical (unpaired) electrons. The Morgan fingerprint density at radius 2 is 1.71 bits per heavy atom. The first-order valence-electron chi connectivity index (χ1n) is 10.2. The summed E-state index contributed by atoms with van der Waals surface area (Å²) in [6.45, 7) is 6.76. The highest BCUT2D eigenvalue weighted by Crippen LogP contribution is 2.20. The van der Waals surface area contributed by atoms with Crippen molar-refractivity contribution in [3.8, 4) is 5.69 Å². The second-order valence-corrected chi connectivity index (χ2v) is 7.80. The predicted molar refractivity (Wildman–Crippen MR) is 118 cm³/mol. The summed E-state index contributed by atoms with van der Waals surface area (Å²) in [5, 5.41) is 13.4. The first-order valence-corrected chi connectivity index (χ1v) is 10.2. The number of amides is 1. The van der Waals surface area contributed by atoms with Crippen molar-refractivity contribution in [2.45, 2.75) is 33.9 Å². The Bertz CT molecular complexity index is 1220. The van der Waals surface area contributed by atoms with Crippen LogP contribution in [0.3, 0.4) is 0 Å². The molecule has 0 unspecified atom stereocenters. The minimum atomic E-state index is -0.0773. The maximum Gasteiger partial charge on any atom is 0.272 e. The fourth-order valence-corrected chi connectivity index (χ4v) is 3.86. The largest absolute Gasteiger partial charge is 0.327 e. The van der Waals surface area contributed by atoms with Crippen LogP contribution in [0.5, 0.6) is 0 Å². The number of carbonyl (C=O) groups excluding carboxylic acids is 1. The molecule has 160 valence electrons. The van der Waals surface area contributed by atoms with E-state index in [0.717, 1.165) is 34.0 Å². The van der Waals surface area contributed by atoms with E-state index in [9.17, 15) is 4.79 Å². The fourth-order valence-electron chi connectivity index (χ4n) is 3.86. The summed E-state index contributed by atoms with van der Waals surface area (Å²) in [6, 6.07) is 13.7. The SMILES string of the molecule is Cc1cc(C(=O)N(Cc2c(C)nn(C)c2C)Cc2ccnn2-c2ccccc2)n(C)n1. The van der Waals surface area contributed by atoms with Crippen molar-refractivity contribution in [1.82, 2.24) is 34.2 Å². The molecule has 0 atom stereocenters. The number of aromatic nitrogens is 6. The third kappa shape index (κ3) is 4.01. The Kier molecular flexibility index (Phi) is 5.46. The van der Waals surface area contributed by atoms with Gasteiger partial charge in [0.15, 0.2) is 0 Å². The molecule has 4 aromatic rings. The molecule has 0 aliphatic heterocycles. The molecule has 0 aliphatic rings. The lowest BCUT2D eigenvalue weighted by Gasteiger charge is -2.23. The zero-order chi connectivity index (χ0) is 22.1. The monoisotopic (exact) mass is 417 g/mol. The third-order valence-electron chi connectivity index (χ3n) is 5.59. The second kappa shape index (κ2) is 8.22. The van der Waals surface area contributed by atoms with E-state index in [1.165, 1.54) is 0 Å². The van der Waals surface area contributed by atoms with Gasteiger partial charge in [0.1, 0.15) is 5.69 Å². The number of nitrogens with zero attached hydrogens (tertiary/aromatic N) is 7. The Balaban J connectivity index is 1.72. The molecular weight excluding hydrogens is 390 g/mol. The van der Waals surface area contributed by atoms with Crippen LogP contribution >= 0.6 is 0 Å². The molecule has 31 heavy (non-hydrogen) atoms. The predicted octanol–water partition coefficient (Wildman–Crippen LogP) is 3.11. The molecule has 0 saturated carbocycles. The maximum absolute atomic E-state index is 13.6. The van der Waals surface area contributed by atoms with E-state index in [0.29, 0.717) is 18.8 Å². The molecule has 1 amide bonds. The average Bonchev–Trinajstić information content (AvgIpc) is 3.41. The van der Waals surface area contributed by atoms with Gasteiger partial charge in [-0.2, -0.15) is 15.3 Å². The van der Waals surface area contributed by atoms with Crippen LogP contribution in [-0.4, -0.2) is 40.1 Å². The Morgan fingerprint density at radius 3 is 2.32 bits per heavy atom. The lowest BCUT2D eigenvalue weighted by atomic mass is 10.1. The molecule has 0 bridgehead atoms. The summed E-state index contributed by atoms with van der Waals surface area (Å²) in [7, 11) is 3.72. The molecule has 3 heterocycles. The van der Waals surface area contributed by atoms with Crippen molar-refractivity contribution >= 4 is 5.91 Å². The van der Waals surface area contributed by atoms with Gasteiger partial charge in [0.2, 0.25) is 0 Å². The Labute approximate surface area is 181 Å². The minimum absolute atomic E-state index is 0.0773. The van der Waals surface area contributed by atoms with E-state index in [2.05, 4.69) is 15.3 Å². The minimum Gasteiger partial charge on any atom is -0.327 e. The van der Waals surface area contributed by atoms with Crippen molar-refractivity contribution in [1.29, 1.82) is 0 Å². The van der Waals surface area contributed by atoms with Crippen LogP contribution in [0.1, 0.15) is 38.8 Å². The van der Waals surface area contributed by atoms with E-state index in [1.807, 2.05) is 84.5 Å². The Morgan fingerprint density at radius 1 is 0.968 bits per heavy atom. The summed E-state index contributed by atoms with van der Waals surface area (Å²) < 4.78 is 5.37. The second-order valence-electron chi connectivity index (χ2n) is 7.80. The zero-order valence-corrected chi connectivity index (χ0v) is 18.6. The van der Waals surface area contributed by atoms with Gasteiger partial charge in [0.25, 0.3) is 5.91 Å². The number of benzene rings is 1. The van der Waals surface area contributed by atoms with Crippen molar-refractivity contribution in [3.63, 3.8) is 0 Å². The van der Waals surface area contributed by atoms with Gasteiger partial charge in [-0.1, -0.05) is 18.2 Å². The summed E-state index contributed by atoms with van der Waals surface area (Å²) in [5.41, 5.74) is 6.29. The van der Waals surface area contributed by atoms with Crippen LogP contribution in [-0.2, 0) is 27.2 Å². The van der Waals surface area contributed by atoms with Crippen molar-refractivity contribution < 1.29 is 4.79 Å². The molecule has 0 N–H and O–H groups in total. The molecule has 1 aromatic carbocycles. The van der Waals surface area contributed by atoms with E-state index in [4.69, 9.17) is 0 Å². The van der Waals surface area contributed by atoms with Gasteiger partial charge in [-0.25, -0.2) is 4.68 Å². The normalized spacial score (nSPS) is 11.1.